The molecule has 112 valence electrons. The molecule has 0 aliphatic carbocycles. The van der Waals surface area contributed by atoms with Crippen LogP contribution in [-0.2, 0) is 4.79 Å². The highest BCUT2D eigenvalue weighted by Crippen LogP contribution is 2.04. The van der Waals surface area contributed by atoms with Crippen LogP contribution < -0.4 is 10.6 Å². The van der Waals surface area contributed by atoms with E-state index < -0.39 is 11.9 Å². The summed E-state index contributed by atoms with van der Waals surface area (Å²) in [4.78, 5) is 27.8. The molecule has 6 heteroatoms. The predicted molar refractivity (Wildman–Crippen MR) is 78.4 cm³/mol. The Morgan fingerprint density at radius 2 is 2.24 bits per heavy atom. The largest absolute Gasteiger partial charge is 0.384 e. The quantitative estimate of drug-likeness (QED) is 0.669. The molecular weight excluding hydrogens is 270 g/mol. The number of nitrogens with one attached hydrogen (secondary N) is 2. The van der Waals surface area contributed by atoms with Crippen LogP contribution in [0.1, 0.15) is 36.3 Å². The van der Waals surface area contributed by atoms with Crippen LogP contribution in [0.3, 0.4) is 0 Å². The molecular formula is C15H19N3O3. The lowest BCUT2D eigenvalue weighted by molar-refractivity contribution is -0.122. The van der Waals surface area contributed by atoms with Crippen molar-refractivity contribution in [2.75, 3.05) is 13.2 Å². The summed E-state index contributed by atoms with van der Waals surface area (Å²) in [6, 6.07) is 2.62. The van der Waals surface area contributed by atoms with E-state index in [0.717, 1.165) is 6.42 Å². The summed E-state index contributed by atoms with van der Waals surface area (Å²) in [5.41, 5.74) is 0.541. The van der Waals surface area contributed by atoms with E-state index in [0.29, 0.717) is 12.1 Å². The van der Waals surface area contributed by atoms with E-state index in [4.69, 9.17) is 5.11 Å². The lowest BCUT2D eigenvalue weighted by Crippen LogP contribution is -2.45. The third-order valence-electron chi connectivity index (χ3n) is 2.62. The van der Waals surface area contributed by atoms with Crippen molar-refractivity contribution >= 4 is 11.8 Å². The number of aliphatic hydroxyl groups is 1. The second kappa shape index (κ2) is 8.72. The summed E-state index contributed by atoms with van der Waals surface area (Å²) in [7, 11) is 0. The zero-order valence-electron chi connectivity index (χ0n) is 12.1. The first-order chi connectivity index (χ1) is 10.1. The van der Waals surface area contributed by atoms with Gasteiger partial charge in [0.05, 0.1) is 5.56 Å². The minimum absolute atomic E-state index is 0.133. The van der Waals surface area contributed by atoms with Crippen molar-refractivity contribution in [1.29, 1.82) is 0 Å². The molecule has 0 radical (unpaired) electrons. The molecule has 0 saturated carbocycles. The fourth-order valence-electron chi connectivity index (χ4n) is 1.55. The maximum atomic E-state index is 12.1. The maximum absolute atomic E-state index is 12.1. The van der Waals surface area contributed by atoms with E-state index in [1.54, 1.807) is 19.1 Å². The van der Waals surface area contributed by atoms with Crippen LogP contribution in [0, 0.1) is 11.8 Å². The number of hydrogen-bond donors (Lipinski definition) is 3. The highest BCUT2D eigenvalue weighted by molar-refractivity contribution is 5.97. The van der Waals surface area contributed by atoms with Gasteiger partial charge in [-0.3, -0.25) is 9.59 Å². The van der Waals surface area contributed by atoms with Crippen molar-refractivity contribution in [3.05, 3.63) is 29.6 Å². The van der Waals surface area contributed by atoms with Gasteiger partial charge in [-0.25, -0.2) is 4.98 Å². The van der Waals surface area contributed by atoms with Gasteiger partial charge < -0.3 is 15.7 Å². The van der Waals surface area contributed by atoms with E-state index in [1.807, 2.05) is 6.92 Å². The van der Waals surface area contributed by atoms with Crippen molar-refractivity contribution < 1.29 is 14.7 Å². The lowest BCUT2D eigenvalue weighted by atomic mass is 10.1. The summed E-state index contributed by atoms with van der Waals surface area (Å²) in [5.74, 6) is 4.41. The number of carbonyl (C=O) groups is 2. The summed E-state index contributed by atoms with van der Waals surface area (Å²) < 4.78 is 0. The molecule has 0 saturated heterocycles. The van der Waals surface area contributed by atoms with Gasteiger partial charge in [0, 0.05) is 12.7 Å². The molecule has 2 amide bonds. The van der Waals surface area contributed by atoms with E-state index in [9.17, 15) is 9.59 Å². The fraction of sp³-hybridized carbons (Fsp3) is 0.400. The van der Waals surface area contributed by atoms with Gasteiger partial charge in [0.2, 0.25) is 5.91 Å². The SMILES string of the molecule is CCCNC(=O)C(C)NC(=O)c1ncccc1C#CCO. The van der Waals surface area contributed by atoms with Crippen LogP contribution in [0.15, 0.2) is 18.3 Å². The third kappa shape index (κ3) is 5.24. The highest BCUT2D eigenvalue weighted by Gasteiger charge is 2.18. The van der Waals surface area contributed by atoms with Crippen LogP contribution in [0.5, 0.6) is 0 Å². The van der Waals surface area contributed by atoms with Gasteiger partial charge in [-0.2, -0.15) is 0 Å². The Bertz CT molecular complexity index is 561. The Balaban J connectivity index is 2.78. The zero-order valence-corrected chi connectivity index (χ0v) is 12.1. The molecule has 0 aliphatic rings. The normalized spacial score (nSPS) is 11.0. The van der Waals surface area contributed by atoms with Crippen LogP contribution in [0.2, 0.25) is 0 Å². The first-order valence-corrected chi connectivity index (χ1v) is 6.73. The number of hydrogen-bond acceptors (Lipinski definition) is 4. The second-order valence-electron chi connectivity index (χ2n) is 4.35. The molecule has 0 aromatic carbocycles. The molecule has 1 rings (SSSR count). The smallest absolute Gasteiger partial charge is 0.271 e. The van der Waals surface area contributed by atoms with Gasteiger partial charge in [0.1, 0.15) is 18.3 Å². The molecule has 0 bridgehead atoms. The topological polar surface area (TPSA) is 91.3 Å². The molecule has 1 aromatic rings. The fourth-order valence-corrected chi connectivity index (χ4v) is 1.55. The van der Waals surface area contributed by atoms with E-state index in [2.05, 4.69) is 27.5 Å². The molecule has 1 unspecified atom stereocenters. The van der Waals surface area contributed by atoms with Gasteiger partial charge in [-0.1, -0.05) is 18.8 Å². The molecule has 1 aromatic heterocycles. The first kappa shape index (κ1) is 16.7. The Kier molecular flexibility index (Phi) is 6.92. The van der Waals surface area contributed by atoms with Crippen LogP contribution in [0.25, 0.3) is 0 Å². The molecule has 3 N–H and O–H groups in total. The number of carbonyl (C=O) groups excluding carboxylic acids is 2. The van der Waals surface area contributed by atoms with Crippen molar-refractivity contribution in [1.82, 2.24) is 15.6 Å². The number of aliphatic hydroxyl groups excluding tert-OH is 1. The van der Waals surface area contributed by atoms with Crippen molar-refractivity contribution in [2.24, 2.45) is 0 Å². The van der Waals surface area contributed by atoms with Gasteiger partial charge in [0.25, 0.3) is 5.91 Å². The average molecular weight is 289 g/mol. The van der Waals surface area contributed by atoms with E-state index in [1.165, 1.54) is 6.20 Å². The molecule has 0 fully saturated rings. The number of amides is 2. The number of rotatable bonds is 5. The molecule has 0 aliphatic heterocycles. The molecule has 1 atom stereocenters. The Hall–Kier alpha value is -2.39. The monoisotopic (exact) mass is 289 g/mol. The Labute approximate surface area is 124 Å². The summed E-state index contributed by atoms with van der Waals surface area (Å²) in [6.07, 6.45) is 2.30. The van der Waals surface area contributed by atoms with Crippen molar-refractivity contribution in [2.45, 2.75) is 26.3 Å². The maximum Gasteiger partial charge on any atom is 0.271 e. The van der Waals surface area contributed by atoms with Crippen molar-refractivity contribution in [3.63, 3.8) is 0 Å². The van der Waals surface area contributed by atoms with Crippen LogP contribution >= 0.6 is 0 Å². The van der Waals surface area contributed by atoms with Gasteiger partial charge >= 0.3 is 0 Å². The van der Waals surface area contributed by atoms with Crippen LogP contribution in [0.4, 0.5) is 0 Å². The minimum Gasteiger partial charge on any atom is -0.384 e. The molecule has 6 nitrogen and oxygen atoms in total. The van der Waals surface area contributed by atoms with Crippen LogP contribution in [-0.4, -0.2) is 41.1 Å². The van der Waals surface area contributed by atoms with E-state index >= 15 is 0 Å². The van der Waals surface area contributed by atoms with Gasteiger partial charge in [-0.15, -0.1) is 0 Å². The van der Waals surface area contributed by atoms with Gasteiger partial charge in [-0.05, 0) is 25.5 Å². The van der Waals surface area contributed by atoms with E-state index in [-0.39, 0.29) is 18.2 Å². The standard InChI is InChI=1S/C15H19N3O3/c1-3-8-17-14(20)11(2)18-15(21)13-12(7-5-10-19)6-4-9-16-13/h4,6,9,11,19H,3,8,10H2,1-2H3,(H,17,20)(H,18,21). The lowest BCUT2D eigenvalue weighted by Gasteiger charge is -2.13. The highest BCUT2D eigenvalue weighted by atomic mass is 16.2. The average Bonchev–Trinajstić information content (AvgIpc) is 2.50. The number of pyridine rings is 1. The molecule has 0 spiro atoms. The number of aromatic nitrogens is 1. The first-order valence-electron chi connectivity index (χ1n) is 6.73. The van der Waals surface area contributed by atoms with Gasteiger partial charge in [0.15, 0.2) is 0 Å². The summed E-state index contributed by atoms with van der Waals surface area (Å²) in [6.45, 7) is 3.82. The summed E-state index contributed by atoms with van der Waals surface area (Å²) >= 11 is 0. The summed E-state index contributed by atoms with van der Waals surface area (Å²) in [5, 5.41) is 14.0. The zero-order chi connectivity index (χ0) is 15.7. The van der Waals surface area contributed by atoms with Crippen molar-refractivity contribution in [3.8, 4) is 11.8 Å². The Morgan fingerprint density at radius 3 is 2.90 bits per heavy atom. The molecule has 1 heterocycles. The number of nitrogens with zero attached hydrogens (tertiary/aromatic N) is 1. The Morgan fingerprint density at radius 1 is 1.48 bits per heavy atom. The second-order valence-corrected chi connectivity index (χ2v) is 4.35. The molecule has 21 heavy (non-hydrogen) atoms. The third-order valence-corrected chi connectivity index (χ3v) is 2.62. The minimum atomic E-state index is -0.662. The predicted octanol–water partition coefficient (Wildman–Crippen LogP) is 0.0699.